The monoisotopic (exact) mass is 168 g/mol. The number of hydrogen-bond donors (Lipinski definition) is 2. The fourth-order valence-electron chi connectivity index (χ4n) is 0.494. The summed E-state index contributed by atoms with van der Waals surface area (Å²) in [5.41, 5.74) is 4.78. The fraction of sp³-hybridized carbons (Fsp3) is 0.250. The van der Waals surface area contributed by atoms with Crippen molar-refractivity contribution >= 4 is 11.8 Å². The lowest BCUT2D eigenvalue weighted by Crippen LogP contribution is -2.21. The Morgan fingerprint density at radius 2 is 2.08 bits per heavy atom. The van der Waals surface area contributed by atoms with E-state index < -0.39 is 5.91 Å². The smallest absolute Gasteiger partial charge is 0.244 e. The van der Waals surface area contributed by atoms with Crippen LogP contribution in [0, 0.1) is 0 Å². The lowest BCUT2D eigenvalue weighted by atomic mass is 10.4. The maximum absolute atomic E-state index is 10.8. The van der Waals surface area contributed by atoms with Crippen molar-refractivity contribution in [3.63, 3.8) is 0 Å². The standard InChI is InChI=1S/C8H12N2O2/c1-2-3-6-10-8(12)5-4-7(9)11/h2-5H,6H2,1H3,(H2,9,11)(H,10,12). The van der Waals surface area contributed by atoms with Gasteiger partial charge in [0.2, 0.25) is 11.8 Å². The number of nitrogens with two attached hydrogens (primary N) is 1. The molecule has 4 nitrogen and oxygen atoms in total. The van der Waals surface area contributed by atoms with E-state index in [0.29, 0.717) is 6.54 Å². The van der Waals surface area contributed by atoms with Gasteiger partial charge in [-0.05, 0) is 6.92 Å². The molecule has 0 heterocycles. The number of hydrogen-bond acceptors (Lipinski definition) is 2. The zero-order valence-electron chi connectivity index (χ0n) is 6.91. The van der Waals surface area contributed by atoms with Crippen molar-refractivity contribution in [2.75, 3.05) is 6.54 Å². The van der Waals surface area contributed by atoms with Crippen LogP contribution >= 0.6 is 0 Å². The van der Waals surface area contributed by atoms with Crippen molar-refractivity contribution in [3.8, 4) is 0 Å². The Hall–Kier alpha value is -1.58. The van der Waals surface area contributed by atoms with Gasteiger partial charge in [0, 0.05) is 18.7 Å². The van der Waals surface area contributed by atoms with Crippen molar-refractivity contribution < 1.29 is 9.59 Å². The first-order chi connectivity index (χ1) is 5.66. The summed E-state index contributed by atoms with van der Waals surface area (Å²) in [6.07, 6.45) is 5.73. The number of carbonyl (C=O) groups excluding carboxylic acids is 2. The normalized spacial score (nSPS) is 10.8. The highest BCUT2D eigenvalue weighted by atomic mass is 16.2. The van der Waals surface area contributed by atoms with Crippen LogP contribution in [-0.2, 0) is 9.59 Å². The predicted molar refractivity (Wildman–Crippen MR) is 46.2 cm³/mol. The molecule has 4 heteroatoms. The molecule has 0 aromatic rings. The minimum atomic E-state index is -0.629. The molecule has 0 aliphatic rings. The molecule has 0 atom stereocenters. The SMILES string of the molecule is CC=CCNC(=O)C=CC(N)=O. The Bertz CT molecular complexity index is 219. The molecular weight excluding hydrogens is 156 g/mol. The number of rotatable bonds is 4. The molecule has 0 saturated heterocycles. The molecule has 0 fully saturated rings. The quantitative estimate of drug-likeness (QED) is 0.447. The van der Waals surface area contributed by atoms with Gasteiger partial charge in [-0.1, -0.05) is 12.2 Å². The molecule has 0 radical (unpaired) electrons. The van der Waals surface area contributed by atoms with E-state index in [9.17, 15) is 9.59 Å². The van der Waals surface area contributed by atoms with Gasteiger partial charge in [-0.15, -0.1) is 0 Å². The molecule has 3 N–H and O–H groups in total. The molecule has 12 heavy (non-hydrogen) atoms. The van der Waals surface area contributed by atoms with Crippen LogP contribution in [-0.4, -0.2) is 18.4 Å². The predicted octanol–water partition coefficient (Wildman–Crippen LogP) is -0.280. The van der Waals surface area contributed by atoms with Crippen LogP contribution in [0.15, 0.2) is 24.3 Å². The van der Waals surface area contributed by atoms with Gasteiger partial charge < -0.3 is 11.1 Å². The van der Waals surface area contributed by atoms with E-state index in [2.05, 4.69) is 5.32 Å². The Kier molecular flexibility index (Phi) is 5.34. The van der Waals surface area contributed by atoms with E-state index >= 15 is 0 Å². The van der Waals surface area contributed by atoms with Gasteiger partial charge >= 0.3 is 0 Å². The van der Waals surface area contributed by atoms with Gasteiger partial charge in [0.15, 0.2) is 0 Å². The number of carbonyl (C=O) groups is 2. The molecule has 0 rings (SSSR count). The first-order valence-electron chi connectivity index (χ1n) is 3.53. The van der Waals surface area contributed by atoms with Crippen LogP contribution in [0.2, 0.25) is 0 Å². The average Bonchev–Trinajstić information content (AvgIpc) is 2.01. The third-order valence-corrected chi connectivity index (χ3v) is 1.03. The van der Waals surface area contributed by atoms with E-state index in [1.807, 2.05) is 13.0 Å². The van der Waals surface area contributed by atoms with E-state index in [4.69, 9.17) is 5.73 Å². The van der Waals surface area contributed by atoms with Gasteiger partial charge in [-0.2, -0.15) is 0 Å². The minimum absolute atomic E-state index is 0.327. The summed E-state index contributed by atoms with van der Waals surface area (Å²) < 4.78 is 0. The zero-order chi connectivity index (χ0) is 9.40. The first kappa shape index (κ1) is 10.4. The molecule has 0 unspecified atom stereocenters. The van der Waals surface area contributed by atoms with Crippen LogP contribution < -0.4 is 11.1 Å². The largest absolute Gasteiger partial charge is 0.366 e. The van der Waals surface area contributed by atoms with Crippen molar-refractivity contribution in [1.29, 1.82) is 0 Å². The topological polar surface area (TPSA) is 72.2 Å². The Morgan fingerprint density at radius 1 is 1.42 bits per heavy atom. The molecule has 2 amide bonds. The highest BCUT2D eigenvalue weighted by Crippen LogP contribution is 1.73. The Morgan fingerprint density at radius 3 is 2.58 bits per heavy atom. The van der Waals surface area contributed by atoms with Crippen molar-refractivity contribution in [1.82, 2.24) is 5.32 Å². The number of nitrogens with one attached hydrogen (secondary N) is 1. The van der Waals surface area contributed by atoms with Gasteiger partial charge in [0.1, 0.15) is 0 Å². The van der Waals surface area contributed by atoms with Crippen molar-refractivity contribution in [2.45, 2.75) is 6.92 Å². The molecule has 0 aromatic carbocycles. The fourth-order valence-corrected chi connectivity index (χ4v) is 0.494. The molecule has 0 aromatic heterocycles. The summed E-state index contributed by atoms with van der Waals surface area (Å²) >= 11 is 0. The van der Waals surface area contributed by atoms with E-state index in [1.54, 1.807) is 6.08 Å². The Labute approximate surface area is 71.1 Å². The van der Waals surface area contributed by atoms with Crippen LogP contribution in [0.3, 0.4) is 0 Å². The maximum Gasteiger partial charge on any atom is 0.244 e. The second kappa shape index (κ2) is 6.15. The Balaban J connectivity index is 3.67. The van der Waals surface area contributed by atoms with Crippen LogP contribution in [0.25, 0.3) is 0 Å². The summed E-state index contributed by atoms with van der Waals surface area (Å²) in [6, 6.07) is 0. The van der Waals surface area contributed by atoms with Crippen molar-refractivity contribution in [2.24, 2.45) is 5.73 Å². The van der Waals surface area contributed by atoms with Crippen molar-refractivity contribution in [3.05, 3.63) is 24.3 Å². The van der Waals surface area contributed by atoms with E-state index in [-0.39, 0.29) is 5.91 Å². The molecule has 0 aliphatic carbocycles. The number of amides is 2. The average molecular weight is 168 g/mol. The van der Waals surface area contributed by atoms with Gasteiger partial charge in [-0.3, -0.25) is 9.59 Å². The number of primary amides is 1. The van der Waals surface area contributed by atoms with Crippen LogP contribution in [0.1, 0.15) is 6.92 Å². The second-order valence-corrected chi connectivity index (χ2v) is 2.05. The minimum Gasteiger partial charge on any atom is -0.366 e. The van der Waals surface area contributed by atoms with Gasteiger partial charge in [0.05, 0.1) is 0 Å². The lowest BCUT2D eigenvalue weighted by Gasteiger charge is -1.94. The summed E-state index contributed by atoms with van der Waals surface area (Å²) in [4.78, 5) is 21.0. The molecule has 0 spiro atoms. The first-order valence-corrected chi connectivity index (χ1v) is 3.53. The van der Waals surface area contributed by atoms with E-state index in [1.165, 1.54) is 0 Å². The second-order valence-electron chi connectivity index (χ2n) is 2.05. The third kappa shape index (κ3) is 6.54. The zero-order valence-corrected chi connectivity index (χ0v) is 6.91. The summed E-state index contributed by atoms with van der Waals surface area (Å²) in [7, 11) is 0. The third-order valence-electron chi connectivity index (χ3n) is 1.03. The lowest BCUT2D eigenvalue weighted by molar-refractivity contribution is -0.117. The summed E-state index contributed by atoms with van der Waals surface area (Å²) in [5, 5.41) is 2.52. The number of allylic oxidation sites excluding steroid dienone is 1. The molecule has 0 aliphatic heterocycles. The molecule has 0 bridgehead atoms. The van der Waals surface area contributed by atoms with Crippen LogP contribution in [0.4, 0.5) is 0 Å². The van der Waals surface area contributed by atoms with E-state index in [0.717, 1.165) is 12.2 Å². The molecule has 0 saturated carbocycles. The summed E-state index contributed by atoms with van der Waals surface area (Å²) in [5.74, 6) is -0.955. The molecule has 66 valence electrons. The van der Waals surface area contributed by atoms with Gasteiger partial charge in [0.25, 0.3) is 0 Å². The highest BCUT2D eigenvalue weighted by Gasteiger charge is 1.91. The maximum atomic E-state index is 10.8. The summed E-state index contributed by atoms with van der Waals surface area (Å²) in [6.45, 7) is 2.31. The molecular formula is C8H12N2O2. The van der Waals surface area contributed by atoms with Crippen LogP contribution in [0.5, 0.6) is 0 Å². The highest BCUT2D eigenvalue weighted by molar-refractivity contribution is 5.95. The van der Waals surface area contributed by atoms with Gasteiger partial charge in [-0.25, -0.2) is 0 Å².